The van der Waals surface area contributed by atoms with E-state index in [4.69, 9.17) is 0 Å². The zero-order chi connectivity index (χ0) is 11.5. The van der Waals surface area contributed by atoms with Crippen LogP contribution in [0.3, 0.4) is 0 Å². The van der Waals surface area contributed by atoms with Gasteiger partial charge in [0.05, 0.1) is 7.11 Å². The van der Waals surface area contributed by atoms with Gasteiger partial charge in [-0.25, -0.2) is 4.79 Å². The lowest BCUT2D eigenvalue weighted by Crippen LogP contribution is -2.16. The van der Waals surface area contributed by atoms with E-state index in [-0.39, 0.29) is 5.97 Å². The minimum Gasteiger partial charge on any atom is -0.464 e. The summed E-state index contributed by atoms with van der Waals surface area (Å²) < 4.78 is 4.63. The summed E-state index contributed by atoms with van der Waals surface area (Å²) in [4.78, 5) is 14.1. The van der Waals surface area contributed by atoms with E-state index in [9.17, 15) is 4.79 Å². The number of nitrogens with one attached hydrogen (secondary N) is 2. The molecule has 1 saturated carbocycles. The SMILES string of the molecule is COC(=O)c1cc(CNCC2CC2C)c[nH]1. The molecule has 2 N–H and O–H groups in total. The predicted molar refractivity (Wildman–Crippen MR) is 61.1 cm³/mol. The molecule has 1 aromatic rings. The molecular formula is C12H18N2O2. The van der Waals surface area contributed by atoms with Gasteiger partial charge in [-0.2, -0.15) is 0 Å². The Labute approximate surface area is 95.4 Å². The van der Waals surface area contributed by atoms with Gasteiger partial charge in [-0.3, -0.25) is 0 Å². The van der Waals surface area contributed by atoms with Gasteiger partial charge in [-0.05, 0) is 36.4 Å². The molecule has 0 saturated heterocycles. The molecule has 1 aliphatic carbocycles. The van der Waals surface area contributed by atoms with Crippen LogP contribution in [0.15, 0.2) is 12.3 Å². The van der Waals surface area contributed by atoms with Crippen molar-refractivity contribution in [3.8, 4) is 0 Å². The van der Waals surface area contributed by atoms with Crippen molar-refractivity contribution in [1.29, 1.82) is 0 Å². The highest BCUT2D eigenvalue weighted by atomic mass is 16.5. The zero-order valence-electron chi connectivity index (χ0n) is 9.75. The fourth-order valence-electron chi connectivity index (χ4n) is 1.85. The fraction of sp³-hybridized carbons (Fsp3) is 0.583. The number of carbonyl (C=O) groups is 1. The highest BCUT2D eigenvalue weighted by molar-refractivity contribution is 5.87. The fourth-order valence-corrected chi connectivity index (χ4v) is 1.85. The Morgan fingerprint density at radius 1 is 1.69 bits per heavy atom. The van der Waals surface area contributed by atoms with Crippen LogP contribution in [0.1, 0.15) is 29.4 Å². The average Bonchev–Trinajstić information content (AvgIpc) is 2.81. The van der Waals surface area contributed by atoms with Crippen LogP contribution in [0, 0.1) is 11.8 Å². The number of hydrogen-bond donors (Lipinski definition) is 2. The highest BCUT2D eigenvalue weighted by Crippen LogP contribution is 2.36. The molecule has 1 aromatic heterocycles. The summed E-state index contributed by atoms with van der Waals surface area (Å²) in [6, 6.07) is 1.83. The van der Waals surface area contributed by atoms with Gasteiger partial charge in [-0.15, -0.1) is 0 Å². The Hall–Kier alpha value is -1.29. The molecule has 1 heterocycles. The van der Waals surface area contributed by atoms with Crippen LogP contribution in [0.25, 0.3) is 0 Å². The number of aromatic nitrogens is 1. The minimum atomic E-state index is -0.318. The van der Waals surface area contributed by atoms with Gasteiger partial charge in [0.25, 0.3) is 0 Å². The van der Waals surface area contributed by atoms with Gasteiger partial charge in [-0.1, -0.05) is 6.92 Å². The van der Waals surface area contributed by atoms with Crippen molar-refractivity contribution in [2.75, 3.05) is 13.7 Å². The van der Waals surface area contributed by atoms with E-state index in [1.165, 1.54) is 13.5 Å². The molecule has 2 atom stereocenters. The van der Waals surface area contributed by atoms with E-state index >= 15 is 0 Å². The number of methoxy groups -OCH3 is 1. The lowest BCUT2D eigenvalue weighted by Gasteiger charge is -2.00. The van der Waals surface area contributed by atoms with E-state index in [0.717, 1.165) is 30.5 Å². The van der Waals surface area contributed by atoms with E-state index in [1.54, 1.807) is 0 Å². The van der Waals surface area contributed by atoms with Gasteiger partial charge in [0.1, 0.15) is 5.69 Å². The molecule has 4 nitrogen and oxygen atoms in total. The largest absolute Gasteiger partial charge is 0.464 e. The first-order chi connectivity index (χ1) is 7.70. The second kappa shape index (κ2) is 4.70. The lowest BCUT2D eigenvalue weighted by molar-refractivity contribution is 0.0595. The number of rotatable bonds is 5. The Balaban J connectivity index is 1.76. The van der Waals surface area contributed by atoms with Crippen LogP contribution in [-0.2, 0) is 11.3 Å². The first kappa shape index (κ1) is 11.2. The van der Waals surface area contributed by atoms with Crippen molar-refractivity contribution in [2.24, 2.45) is 11.8 Å². The third-order valence-electron chi connectivity index (χ3n) is 3.16. The Bertz CT molecular complexity index is 373. The molecule has 1 aliphatic rings. The van der Waals surface area contributed by atoms with Gasteiger partial charge in [0.15, 0.2) is 0 Å². The van der Waals surface area contributed by atoms with E-state index in [0.29, 0.717) is 5.69 Å². The van der Waals surface area contributed by atoms with E-state index in [1.807, 2.05) is 12.3 Å². The van der Waals surface area contributed by atoms with Crippen molar-refractivity contribution in [1.82, 2.24) is 10.3 Å². The first-order valence-corrected chi connectivity index (χ1v) is 5.67. The molecular weight excluding hydrogens is 204 g/mol. The Morgan fingerprint density at radius 3 is 3.06 bits per heavy atom. The maximum atomic E-state index is 11.2. The molecule has 1 fully saturated rings. The maximum Gasteiger partial charge on any atom is 0.354 e. The number of aromatic amines is 1. The predicted octanol–water partition coefficient (Wildman–Crippen LogP) is 1.55. The van der Waals surface area contributed by atoms with Crippen molar-refractivity contribution in [2.45, 2.75) is 19.9 Å². The topological polar surface area (TPSA) is 54.1 Å². The quantitative estimate of drug-likeness (QED) is 0.743. The van der Waals surface area contributed by atoms with Crippen molar-refractivity contribution in [3.63, 3.8) is 0 Å². The number of carbonyl (C=O) groups excluding carboxylic acids is 1. The Kier molecular flexibility index (Phi) is 3.29. The van der Waals surface area contributed by atoms with Gasteiger partial charge >= 0.3 is 5.97 Å². The van der Waals surface area contributed by atoms with Crippen molar-refractivity contribution < 1.29 is 9.53 Å². The summed E-state index contributed by atoms with van der Waals surface area (Å²) in [7, 11) is 1.38. The first-order valence-electron chi connectivity index (χ1n) is 5.67. The molecule has 2 unspecified atom stereocenters. The second-order valence-corrected chi connectivity index (χ2v) is 4.52. The van der Waals surface area contributed by atoms with Gasteiger partial charge < -0.3 is 15.0 Å². The monoisotopic (exact) mass is 222 g/mol. The van der Waals surface area contributed by atoms with E-state index in [2.05, 4.69) is 22.0 Å². The standard InChI is InChI=1S/C12H18N2O2/c1-8-3-10(8)7-13-5-9-4-11(14-6-9)12(15)16-2/h4,6,8,10,13-14H,3,5,7H2,1-2H3. The van der Waals surface area contributed by atoms with Crippen LogP contribution in [0.2, 0.25) is 0 Å². The van der Waals surface area contributed by atoms with Crippen LogP contribution in [0.4, 0.5) is 0 Å². The lowest BCUT2D eigenvalue weighted by atomic mass is 10.3. The summed E-state index contributed by atoms with van der Waals surface area (Å²) in [5.41, 5.74) is 1.60. The van der Waals surface area contributed by atoms with Crippen LogP contribution < -0.4 is 5.32 Å². The third kappa shape index (κ3) is 2.64. The smallest absolute Gasteiger partial charge is 0.354 e. The van der Waals surface area contributed by atoms with Crippen molar-refractivity contribution in [3.05, 3.63) is 23.5 Å². The molecule has 0 bridgehead atoms. The number of ether oxygens (including phenoxy) is 1. The van der Waals surface area contributed by atoms with Crippen LogP contribution >= 0.6 is 0 Å². The molecule has 0 radical (unpaired) electrons. The van der Waals surface area contributed by atoms with Crippen molar-refractivity contribution >= 4 is 5.97 Å². The Morgan fingerprint density at radius 2 is 2.44 bits per heavy atom. The van der Waals surface area contributed by atoms with Crippen LogP contribution in [-0.4, -0.2) is 24.6 Å². The van der Waals surface area contributed by atoms with Crippen LogP contribution in [0.5, 0.6) is 0 Å². The third-order valence-corrected chi connectivity index (χ3v) is 3.16. The second-order valence-electron chi connectivity index (χ2n) is 4.52. The maximum absolute atomic E-state index is 11.2. The summed E-state index contributed by atoms with van der Waals surface area (Å²) in [6.07, 6.45) is 3.18. The molecule has 4 heteroatoms. The summed E-state index contributed by atoms with van der Waals surface area (Å²) in [5.74, 6) is 1.41. The molecule has 0 amide bonds. The summed E-state index contributed by atoms with van der Waals surface area (Å²) in [5, 5.41) is 3.39. The molecule has 0 spiro atoms. The molecule has 0 aliphatic heterocycles. The average molecular weight is 222 g/mol. The van der Waals surface area contributed by atoms with Gasteiger partial charge in [0, 0.05) is 12.7 Å². The number of hydrogen-bond acceptors (Lipinski definition) is 3. The molecule has 16 heavy (non-hydrogen) atoms. The van der Waals surface area contributed by atoms with Gasteiger partial charge in [0.2, 0.25) is 0 Å². The number of esters is 1. The molecule has 88 valence electrons. The number of H-pyrrole nitrogens is 1. The molecule has 0 aromatic carbocycles. The summed E-state index contributed by atoms with van der Waals surface area (Å²) >= 11 is 0. The van der Waals surface area contributed by atoms with E-state index < -0.39 is 0 Å². The minimum absolute atomic E-state index is 0.318. The highest BCUT2D eigenvalue weighted by Gasteiger charge is 2.31. The normalized spacial score (nSPS) is 23.1. The molecule has 2 rings (SSSR count). The summed E-state index contributed by atoms with van der Waals surface area (Å²) in [6.45, 7) is 4.15. The zero-order valence-corrected chi connectivity index (χ0v) is 9.75.